The highest BCUT2D eigenvalue weighted by molar-refractivity contribution is 5.77. The van der Waals surface area contributed by atoms with E-state index in [1.54, 1.807) is 24.3 Å². The first-order chi connectivity index (χ1) is 9.08. The molecule has 0 spiro atoms. The minimum absolute atomic E-state index is 0.109. The second-order valence-corrected chi connectivity index (χ2v) is 3.94. The fourth-order valence-electron chi connectivity index (χ4n) is 1.44. The second-order valence-electron chi connectivity index (χ2n) is 3.94. The Morgan fingerprint density at radius 1 is 1.42 bits per heavy atom. The molecule has 1 aromatic carbocycles. The zero-order chi connectivity index (χ0) is 14.3. The highest BCUT2D eigenvalue weighted by Crippen LogP contribution is 2.20. The Morgan fingerprint density at radius 3 is 2.58 bits per heavy atom. The summed E-state index contributed by atoms with van der Waals surface area (Å²) in [6.07, 6.45) is 0.273. The van der Waals surface area contributed by atoms with E-state index in [9.17, 15) is 9.59 Å². The van der Waals surface area contributed by atoms with E-state index in [0.717, 1.165) is 10.6 Å². The number of benzene rings is 1. The van der Waals surface area contributed by atoms with Crippen LogP contribution >= 0.6 is 0 Å². The predicted octanol–water partition coefficient (Wildman–Crippen LogP) is 1.28. The predicted molar refractivity (Wildman–Crippen MR) is 69.8 cm³/mol. The molecule has 0 aliphatic heterocycles. The summed E-state index contributed by atoms with van der Waals surface area (Å²) in [5.74, 6) is -0.287. The third kappa shape index (κ3) is 4.69. The first-order valence-electron chi connectivity index (χ1n) is 5.83. The number of aldehydes is 1. The Morgan fingerprint density at radius 2 is 2.05 bits per heavy atom. The SMILES string of the molecule is COC(ON(C)C(=O)CCC=O)c1ccc(N)cc1. The first-order valence-corrected chi connectivity index (χ1v) is 5.83. The molecule has 1 unspecified atom stereocenters. The number of hydrogen-bond acceptors (Lipinski definition) is 5. The van der Waals surface area contributed by atoms with Crippen LogP contribution in [0, 0.1) is 0 Å². The van der Waals surface area contributed by atoms with E-state index in [1.165, 1.54) is 14.2 Å². The van der Waals surface area contributed by atoms with Crippen LogP contribution < -0.4 is 5.73 Å². The number of nitrogens with two attached hydrogens (primary N) is 1. The Hall–Kier alpha value is -1.92. The van der Waals surface area contributed by atoms with Crippen molar-refractivity contribution in [3.8, 4) is 0 Å². The molecule has 0 saturated carbocycles. The van der Waals surface area contributed by atoms with Crippen molar-refractivity contribution in [2.75, 3.05) is 19.9 Å². The molecule has 0 fully saturated rings. The molecule has 2 N–H and O–H groups in total. The lowest BCUT2D eigenvalue weighted by Crippen LogP contribution is -2.29. The lowest BCUT2D eigenvalue weighted by atomic mass is 10.2. The summed E-state index contributed by atoms with van der Waals surface area (Å²) >= 11 is 0. The molecule has 104 valence electrons. The van der Waals surface area contributed by atoms with Gasteiger partial charge in [-0.2, -0.15) is 0 Å². The number of hydroxylamine groups is 2. The summed E-state index contributed by atoms with van der Waals surface area (Å²) in [5, 5.41) is 1.08. The highest BCUT2D eigenvalue weighted by Gasteiger charge is 2.17. The molecular weight excluding hydrogens is 248 g/mol. The number of nitrogens with zero attached hydrogens (tertiary/aromatic N) is 1. The molecule has 1 atom stereocenters. The van der Waals surface area contributed by atoms with Gasteiger partial charge >= 0.3 is 0 Å². The third-order valence-corrected chi connectivity index (χ3v) is 2.50. The van der Waals surface area contributed by atoms with Crippen molar-refractivity contribution < 1.29 is 19.2 Å². The minimum atomic E-state index is -0.703. The lowest BCUT2D eigenvalue weighted by molar-refractivity contribution is -0.259. The molecule has 0 radical (unpaired) electrons. The topological polar surface area (TPSA) is 81.9 Å². The van der Waals surface area contributed by atoms with Gasteiger partial charge in [-0.25, -0.2) is 9.90 Å². The van der Waals surface area contributed by atoms with Crippen LogP contribution in [-0.2, 0) is 19.2 Å². The van der Waals surface area contributed by atoms with Gasteiger partial charge in [-0.15, -0.1) is 0 Å². The molecule has 0 saturated heterocycles. The highest BCUT2D eigenvalue weighted by atomic mass is 16.8. The molecule has 0 bridgehead atoms. The van der Waals surface area contributed by atoms with Crippen molar-refractivity contribution in [2.24, 2.45) is 0 Å². The van der Waals surface area contributed by atoms with Crippen LogP contribution in [0.25, 0.3) is 0 Å². The van der Waals surface area contributed by atoms with Gasteiger partial charge in [-0.05, 0) is 12.1 Å². The van der Waals surface area contributed by atoms with E-state index in [-0.39, 0.29) is 18.7 Å². The molecule has 6 heteroatoms. The smallest absolute Gasteiger partial charge is 0.246 e. The summed E-state index contributed by atoms with van der Waals surface area (Å²) in [7, 11) is 2.96. The molecular formula is C13H18N2O4. The normalized spacial score (nSPS) is 11.9. The first kappa shape index (κ1) is 15.1. The van der Waals surface area contributed by atoms with Gasteiger partial charge in [0.05, 0.1) is 0 Å². The Bertz CT molecular complexity index is 419. The molecule has 0 aliphatic rings. The molecule has 1 aromatic rings. The van der Waals surface area contributed by atoms with E-state index in [0.29, 0.717) is 12.0 Å². The van der Waals surface area contributed by atoms with Gasteiger partial charge in [0.2, 0.25) is 12.2 Å². The average Bonchev–Trinajstić information content (AvgIpc) is 2.42. The van der Waals surface area contributed by atoms with Crippen LogP contribution in [-0.4, -0.2) is 31.4 Å². The lowest BCUT2D eigenvalue weighted by Gasteiger charge is -2.23. The summed E-state index contributed by atoms with van der Waals surface area (Å²) in [6.45, 7) is 0. The molecule has 1 rings (SSSR count). The van der Waals surface area contributed by atoms with Crippen molar-refractivity contribution >= 4 is 17.9 Å². The maximum absolute atomic E-state index is 11.6. The van der Waals surface area contributed by atoms with E-state index in [4.69, 9.17) is 15.3 Å². The molecule has 6 nitrogen and oxygen atoms in total. The Kier molecular flexibility index (Phi) is 5.98. The van der Waals surface area contributed by atoms with E-state index in [1.807, 2.05) is 0 Å². The van der Waals surface area contributed by atoms with Crippen molar-refractivity contribution in [2.45, 2.75) is 19.1 Å². The summed E-state index contributed by atoms with van der Waals surface area (Å²) < 4.78 is 5.18. The van der Waals surface area contributed by atoms with Crippen LogP contribution in [0.2, 0.25) is 0 Å². The van der Waals surface area contributed by atoms with E-state index >= 15 is 0 Å². The average molecular weight is 266 g/mol. The quantitative estimate of drug-likeness (QED) is 0.348. The minimum Gasteiger partial charge on any atom is -0.399 e. The van der Waals surface area contributed by atoms with Crippen LogP contribution in [0.3, 0.4) is 0 Å². The fourth-order valence-corrected chi connectivity index (χ4v) is 1.44. The third-order valence-electron chi connectivity index (χ3n) is 2.50. The number of nitrogen functional groups attached to an aromatic ring is 1. The standard InChI is InChI=1S/C13H18N2O4/c1-15(12(17)4-3-9-16)19-13(18-2)10-5-7-11(14)8-6-10/h5-9,13H,3-4,14H2,1-2H3. The molecule has 0 aliphatic carbocycles. The zero-order valence-corrected chi connectivity index (χ0v) is 11.0. The van der Waals surface area contributed by atoms with Crippen LogP contribution in [0.1, 0.15) is 24.7 Å². The largest absolute Gasteiger partial charge is 0.399 e. The number of ether oxygens (including phenoxy) is 1. The molecule has 19 heavy (non-hydrogen) atoms. The number of hydrogen-bond donors (Lipinski definition) is 1. The van der Waals surface area contributed by atoms with Crippen LogP contribution in [0.15, 0.2) is 24.3 Å². The molecule has 1 amide bonds. The van der Waals surface area contributed by atoms with Gasteiger partial charge in [0.15, 0.2) is 0 Å². The number of carbonyl (C=O) groups is 2. The second kappa shape index (κ2) is 7.50. The van der Waals surface area contributed by atoms with Crippen molar-refractivity contribution in [3.63, 3.8) is 0 Å². The zero-order valence-electron chi connectivity index (χ0n) is 11.0. The van der Waals surface area contributed by atoms with Gasteiger partial charge in [-0.1, -0.05) is 12.1 Å². The van der Waals surface area contributed by atoms with Crippen molar-refractivity contribution in [3.05, 3.63) is 29.8 Å². The number of carbonyl (C=O) groups excluding carboxylic acids is 2. The maximum atomic E-state index is 11.6. The molecule has 0 heterocycles. The Labute approximate surface area is 112 Å². The molecule has 0 aromatic heterocycles. The van der Waals surface area contributed by atoms with Gasteiger partial charge in [0.1, 0.15) is 6.29 Å². The van der Waals surface area contributed by atoms with E-state index < -0.39 is 6.29 Å². The monoisotopic (exact) mass is 266 g/mol. The van der Waals surface area contributed by atoms with Gasteiger partial charge < -0.3 is 15.3 Å². The number of anilines is 1. The summed E-state index contributed by atoms with van der Waals surface area (Å²) in [4.78, 5) is 27.2. The number of amides is 1. The Balaban J connectivity index is 2.63. The fraction of sp³-hybridized carbons (Fsp3) is 0.385. The summed E-state index contributed by atoms with van der Waals surface area (Å²) in [5.41, 5.74) is 6.97. The van der Waals surface area contributed by atoms with Gasteiger partial charge in [0, 0.05) is 38.2 Å². The van der Waals surface area contributed by atoms with Gasteiger partial charge in [-0.3, -0.25) is 4.79 Å². The van der Waals surface area contributed by atoms with Crippen molar-refractivity contribution in [1.82, 2.24) is 5.06 Å². The number of methoxy groups -OCH3 is 1. The van der Waals surface area contributed by atoms with Crippen LogP contribution in [0.5, 0.6) is 0 Å². The maximum Gasteiger partial charge on any atom is 0.246 e. The van der Waals surface area contributed by atoms with Gasteiger partial charge in [0.25, 0.3) is 0 Å². The van der Waals surface area contributed by atoms with Crippen molar-refractivity contribution in [1.29, 1.82) is 0 Å². The van der Waals surface area contributed by atoms with Crippen LogP contribution in [0.4, 0.5) is 5.69 Å². The van der Waals surface area contributed by atoms with E-state index in [2.05, 4.69) is 0 Å². The number of rotatable bonds is 7. The summed E-state index contributed by atoms with van der Waals surface area (Å²) in [6, 6.07) is 6.96.